The summed E-state index contributed by atoms with van der Waals surface area (Å²) in [4.78, 5) is 23.7. The average molecular weight is 373 g/mol. The van der Waals surface area contributed by atoms with Crippen LogP contribution in [0.5, 0.6) is 0 Å². The first kappa shape index (κ1) is 17.5. The highest BCUT2D eigenvalue weighted by Gasteiger charge is 2.14. The topological polar surface area (TPSA) is 116 Å². The fourth-order valence-corrected chi connectivity index (χ4v) is 2.36. The fourth-order valence-electron chi connectivity index (χ4n) is 2.24. The van der Waals surface area contributed by atoms with Crippen molar-refractivity contribution >= 4 is 28.9 Å². The van der Waals surface area contributed by atoms with Crippen LogP contribution in [0.4, 0.5) is 11.4 Å². The van der Waals surface area contributed by atoms with Gasteiger partial charge in [0, 0.05) is 27.9 Å². The van der Waals surface area contributed by atoms with E-state index in [1.54, 1.807) is 43.3 Å². The number of hydrogen-bond acceptors (Lipinski definition) is 6. The number of carbonyl (C=O) groups excluding carboxylic acids is 1. The van der Waals surface area contributed by atoms with E-state index in [9.17, 15) is 14.9 Å². The predicted octanol–water partition coefficient (Wildman–Crippen LogP) is 2.85. The normalized spacial score (nSPS) is 10.5. The highest BCUT2D eigenvalue weighted by molar-refractivity contribution is 6.30. The minimum absolute atomic E-state index is 0.0632. The maximum atomic E-state index is 12.1. The van der Waals surface area contributed by atoms with Gasteiger partial charge in [-0.25, -0.2) is 0 Å². The van der Waals surface area contributed by atoms with Crippen LogP contribution in [0.25, 0.3) is 11.4 Å². The van der Waals surface area contributed by atoms with E-state index >= 15 is 0 Å². The lowest BCUT2D eigenvalue weighted by molar-refractivity contribution is -0.385. The molecule has 0 aliphatic heterocycles. The second-order valence-corrected chi connectivity index (χ2v) is 5.89. The molecule has 0 saturated heterocycles. The Balaban J connectivity index is 1.68. The minimum atomic E-state index is -0.498. The zero-order valence-electron chi connectivity index (χ0n) is 13.6. The predicted molar refractivity (Wildman–Crippen MR) is 94.7 cm³/mol. The quantitative estimate of drug-likeness (QED) is 0.543. The van der Waals surface area contributed by atoms with Gasteiger partial charge in [0.25, 0.3) is 5.69 Å². The Kier molecular flexibility index (Phi) is 4.90. The Bertz CT molecular complexity index is 970. The van der Waals surface area contributed by atoms with E-state index in [1.807, 2.05) is 0 Å². The van der Waals surface area contributed by atoms with Gasteiger partial charge in [0.15, 0.2) is 0 Å². The third-order valence-corrected chi connectivity index (χ3v) is 3.78. The van der Waals surface area contributed by atoms with Crippen molar-refractivity contribution in [3.8, 4) is 11.4 Å². The summed E-state index contributed by atoms with van der Waals surface area (Å²) in [5.41, 5.74) is 1.49. The molecule has 0 saturated carbocycles. The molecule has 0 fully saturated rings. The molecule has 3 aromatic rings. The molecule has 0 spiro atoms. The maximum absolute atomic E-state index is 12.1. The monoisotopic (exact) mass is 372 g/mol. The third kappa shape index (κ3) is 4.01. The number of tetrazole rings is 1. The minimum Gasteiger partial charge on any atom is -0.324 e. The SMILES string of the molecule is Cc1ccc(NC(=O)Cn2nnc(-c3ccc(Cl)cc3)n2)cc1[N+](=O)[O-]. The largest absolute Gasteiger partial charge is 0.324 e. The van der Waals surface area contributed by atoms with Crippen molar-refractivity contribution in [3.05, 3.63) is 63.2 Å². The van der Waals surface area contributed by atoms with Gasteiger partial charge in [0.05, 0.1) is 4.92 Å². The molecule has 132 valence electrons. The summed E-state index contributed by atoms with van der Waals surface area (Å²) < 4.78 is 0. The molecule has 26 heavy (non-hydrogen) atoms. The molecule has 1 aromatic heterocycles. The van der Waals surface area contributed by atoms with Gasteiger partial charge in [-0.15, -0.1) is 10.2 Å². The lowest BCUT2D eigenvalue weighted by atomic mass is 10.2. The number of hydrogen-bond donors (Lipinski definition) is 1. The van der Waals surface area contributed by atoms with Crippen molar-refractivity contribution < 1.29 is 9.72 Å². The number of halogens is 1. The summed E-state index contributed by atoms with van der Waals surface area (Å²) in [7, 11) is 0. The molecule has 0 bridgehead atoms. The Morgan fingerprint density at radius 1 is 1.27 bits per heavy atom. The molecule has 3 rings (SSSR count). The number of benzene rings is 2. The molecular formula is C16H13ClN6O3. The van der Waals surface area contributed by atoms with Crippen LogP contribution in [0.2, 0.25) is 5.02 Å². The van der Waals surface area contributed by atoms with Crippen molar-refractivity contribution in [2.45, 2.75) is 13.5 Å². The van der Waals surface area contributed by atoms with E-state index in [0.717, 1.165) is 10.4 Å². The molecular weight excluding hydrogens is 360 g/mol. The zero-order chi connectivity index (χ0) is 18.7. The second-order valence-electron chi connectivity index (χ2n) is 5.46. The van der Waals surface area contributed by atoms with Crippen LogP contribution in [0.15, 0.2) is 42.5 Å². The molecule has 1 N–H and O–H groups in total. The molecule has 10 heteroatoms. The third-order valence-electron chi connectivity index (χ3n) is 3.53. The molecule has 0 radical (unpaired) electrons. The number of nitrogens with one attached hydrogen (secondary N) is 1. The van der Waals surface area contributed by atoms with Crippen LogP contribution < -0.4 is 5.32 Å². The molecule has 0 aliphatic carbocycles. The van der Waals surface area contributed by atoms with Gasteiger partial charge in [0.2, 0.25) is 11.7 Å². The van der Waals surface area contributed by atoms with Gasteiger partial charge < -0.3 is 5.32 Å². The number of aryl methyl sites for hydroxylation is 1. The number of amides is 1. The highest BCUT2D eigenvalue weighted by Crippen LogP contribution is 2.22. The van der Waals surface area contributed by atoms with Gasteiger partial charge in [-0.1, -0.05) is 17.7 Å². The van der Waals surface area contributed by atoms with Crippen LogP contribution >= 0.6 is 11.6 Å². The van der Waals surface area contributed by atoms with Crippen molar-refractivity contribution in [2.75, 3.05) is 5.32 Å². The van der Waals surface area contributed by atoms with E-state index in [2.05, 4.69) is 20.7 Å². The maximum Gasteiger partial charge on any atom is 0.274 e. The number of nitro groups is 1. The summed E-state index contributed by atoms with van der Waals surface area (Å²) in [6.07, 6.45) is 0. The highest BCUT2D eigenvalue weighted by atomic mass is 35.5. The first-order valence-electron chi connectivity index (χ1n) is 7.51. The van der Waals surface area contributed by atoms with Crippen LogP contribution in [0, 0.1) is 17.0 Å². The lowest BCUT2D eigenvalue weighted by Gasteiger charge is -2.05. The van der Waals surface area contributed by atoms with Crippen LogP contribution in [0.3, 0.4) is 0 Å². The fraction of sp³-hybridized carbons (Fsp3) is 0.125. The summed E-state index contributed by atoms with van der Waals surface area (Å²) in [5.74, 6) is -0.0661. The summed E-state index contributed by atoms with van der Waals surface area (Å²) in [6.45, 7) is 1.45. The molecule has 0 atom stereocenters. The Morgan fingerprint density at radius 2 is 2.00 bits per heavy atom. The zero-order valence-corrected chi connectivity index (χ0v) is 14.3. The van der Waals surface area contributed by atoms with Crippen molar-refractivity contribution in [2.24, 2.45) is 0 Å². The Labute approximate surface area is 152 Å². The van der Waals surface area contributed by atoms with E-state index in [-0.39, 0.29) is 12.2 Å². The van der Waals surface area contributed by atoms with Gasteiger partial charge in [-0.05, 0) is 42.5 Å². The first-order chi connectivity index (χ1) is 12.4. The van der Waals surface area contributed by atoms with Gasteiger partial charge in [0.1, 0.15) is 6.54 Å². The number of nitro benzene ring substituents is 1. The second kappa shape index (κ2) is 7.28. The molecule has 2 aromatic carbocycles. The van der Waals surface area contributed by atoms with Crippen molar-refractivity contribution in [3.63, 3.8) is 0 Å². The summed E-state index contributed by atoms with van der Waals surface area (Å²) in [6, 6.07) is 11.4. The van der Waals surface area contributed by atoms with E-state index in [4.69, 9.17) is 11.6 Å². The van der Waals surface area contributed by atoms with Gasteiger partial charge >= 0.3 is 0 Å². The molecule has 1 amide bonds. The van der Waals surface area contributed by atoms with E-state index in [0.29, 0.717) is 22.1 Å². The molecule has 0 unspecified atom stereocenters. The molecule has 1 heterocycles. The van der Waals surface area contributed by atoms with E-state index in [1.165, 1.54) is 6.07 Å². The average Bonchev–Trinajstić information content (AvgIpc) is 3.05. The molecule has 9 nitrogen and oxygen atoms in total. The van der Waals surface area contributed by atoms with Gasteiger partial charge in [-0.2, -0.15) is 4.80 Å². The van der Waals surface area contributed by atoms with Crippen molar-refractivity contribution in [1.29, 1.82) is 0 Å². The van der Waals surface area contributed by atoms with Crippen molar-refractivity contribution in [1.82, 2.24) is 20.2 Å². The lowest BCUT2D eigenvalue weighted by Crippen LogP contribution is -2.20. The number of aromatic nitrogens is 4. The number of rotatable bonds is 5. The van der Waals surface area contributed by atoms with Crippen LogP contribution in [-0.2, 0) is 11.3 Å². The summed E-state index contributed by atoms with van der Waals surface area (Å²) >= 11 is 5.83. The van der Waals surface area contributed by atoms with Gasteiger partial charge in [-0.3, -0.25) is 14.9 Å². The number of anilines is 1. The van der Waals surface area contributed by atoms with Crippen LogP contribution in [-0.4, -0.2) is 31.0 Å². The Morgan fingerprint density at radius 3 is 2.69 bits per heavy atom. The molecule has 0 aliphatic rings. The van der Waals surface area contributed by atoms with Crippen LogP contribution in [0.1, 0.15) is 5.56 Å². The smallest absolute Gasteiger partial charge is 0.274 e. The Hall–Kier alpha value is -3.33. The first-order valence-corrected chi connectivity index (χ1v) is 7.89. The van der Waals surface area contributed by atoms with E-state index < -0.39 is 10.8 Å². The number of carbonyl (C=O) groups is 1. The summed E-state index contributed by atoms with van der Waals surface area (Å²) in [5, 5.41) is 26.0. The number of nitrogens with zero attached hydrogens (tertiary/aromatic N) is 5. The standard InChI is InChI=1S/C16H13ClN6O3/c1-10-2-7-13(8-14(10)23(25)26)18-15(24)9-22-20-16(19-21-22)11-3-5-12(17)6-4-11/h2-8H,9H2,1H3,(H,18,24).